The average Bonchev–Trinajstić information content (AvgIpc) is 2.29. The molecule has 0 aromatic heterocycles. The third kappa shape index (κ3) is 0.684. The summed E-state index contributed by atoms with van der Waals surface area (Å²) in [6.45, 7) is 0. The van der Waals surface area contributed by atoms with Crippen LogP contribution in [0.15, 0.2) is 11.1 Å². The zero-order valence-corrected chi connectivity index (χ0v) is 7.65. The van der Waals surface area contributed by atoms with Crippen LogP contribution in [0.25, 0.3) is 0 Å². The molecule has 0 spiro atoms. The van der Waals surface area contributed by atoms with Crippen molar-refractivity contribution in [3.05, 3.63) is 11.1 Å². The number of fused-ring (bicyclic) bond motifs is 1. The van der Waals surface area contributed by atoms with E-state index >= 15 is 0 Å². The van der Waals surface area contributed by atoms with Crippen LogP contribution in [0.3, 0.4) is 0 Å². The smallest absolute Gasteiger partial charge is 0.0433 e. The highest BCUT2D eigenvalue weighted by atomic mass is 35.5. The number of alkyl halides is 1. The Kier molecular flexibility index (Phi) is 1.22. The van der Waals surface area contributed by atoms with E-state index in [0.29, 0.717) is 17.2 Å². The van der Waals surface area contributed by atoms with Crippen LogP contribution in [-0.4, -0.2) is 5.38 Å². The van der Waals surface area contributed by atoms with E-state index in [-0.39, 0.29) is 0 Å². The van der Waals surface area contributed by atoms with Gasteiger partial charge in [0, 0.05) is 10.4 Å². The summed E-state index contributed by atoms with van der Waals surface area (Å²) in [6.07, 6.45) is 4.78. The Bertz CT molecular complexity index is 234. The van der Waals surface area contributed by atoms with Gasteiger partial charge in [0.25, 0.3) is 0 Å². The fourth-order valence-corrected chi connectivity index (χ4v) is 3.92. The molecular formula is C9H10Cl2. The predicted octanol–water partition coefficient (Wildman–Crippen LogP) is 3.00. The molecule has 2 unspecified atom stereocenters. The van der Waals surface area contributed by atoms with Gasteiger partial charge in [-0.1, -0.05) is 17.7 Å². The third-order valence-corrected chi connectivity index (χ3v) is 4.73. The molecule has 2 fully saturated rings. The first kappa shape index (κ1) is 6.80. The summed E-state index contributed by atoms with van der Waals surface area (Å²) in [4.78, 5) is 0. The lowest BCUT2D eigenvalue weighted by Gasteiger charge is -2.44. The lowest BCUT2D eigenvalue weighted by atomic mass is 9.65. The average molecular weight is 189 g/mol. The molecule has 0 amide bonds. The van der Waals surface area contributed by atoms with Crippen molar-refractivity contribution >= 4 is 23.2 Å². The van der Waals surface area contributed by atoms with Crippen LogP contribution in [0.1, 0.15) is 12.8 Å². The molecule has 0 N–H and O–H groups in total. The van der Waals surface area contributed by atoms with E-state index in [1.807, 2.05) is 0 Å². The van der Waals surface area contributed by atoms with Crippen molar-refractivity contribution in [2.75, 3.05) is 0 Å². The molecule has 0 saturated heterocycles. The number of hydrogen-bond donors (Lipinski definition) is 0. The van der Waals surface area contributed by atoms with Crippen molar-refractivity contribution < 1.29 is 0 Å². The van der Waals surface area contributed by atoms with E-state index in [2.05, 4.69) is 6.08 Å². The third-order valence-electron chi connectivity index (χ3n) is 3.68. The van der Waals surface area contributed by atoms with Crippen LogP contribution >= 0.6 is 23.2 Å². The molecule has 3 rings (SSSR count). The standard InChI is InChI=1S/C9H10Cl2/c10-8-3-7-5-1-4(8)2-6(5)9(7)11/h3-7,9H,1-2H2/t4-,5+,6?,7?,9+/m1/s1. The van der Waals surface area contributed by atoms with Crippen molar-refractivity contribution in [1.82, 2.24) is 0 Å². The Labute approximate surface area is 76.6 Å². The van der Waals surface area contributed by atoms with Gasteiger partial charge in [-0.05, 0) is 36.5 Å². The van der Waals surface area contributed by atoms with E-state index in [0.717, 1.165) is 16.9 Å². The molecule has 0 aliphatic heterocycles. The van der Waals surface area contributed by atoms with Gasteiger partial charge in [0.05, 0.1) is 0 Å². The number of halogens is 2. The van der Waals surface area contributed by atoms with Crippen LogP contribution in [0.5, 0.6) is 0 Å². The maximum Gasteiger partial charge on any atom is 0.0433 e. The Hall–Kier alpha value is 0.320. The van der Waals surface area contributed by atoms with Crippen molar-refractivity contribution in [1.29, 1.82) is 0 Å². The van der Waals surface area contributed by atoms with Crippen LogP contribution in [-0.2, 0) is 0 Å². The van der Waals surface area contributed by atoms with E-state index in [4.69, 9.17) is 23.2 Å². The van der Waals surface area contributed by atoms with Crippen molar-refractivity contribution in [2.24, 2.45) is 23.7 Å². The summed E-state index contributed by atoms with van der Waals surface area (Å²) >= 11 is 12.3. The van der Waals surface area contributed by atoms with Crippen LogP contribution in [0.4, 0.5) is 0 Å². The van der Waals surface area contributed by atoms with E-state index in [1.54, 1.807) is 0 Å². The maximum absolute atomic E-state index is 6.20. The Morgan fingerprint density at radius 2 is 2.00 bits per heavy atom. The summed E-state index contributed by atoms with van der Waals surface area (Å²) in [5, 5.41) is 1.50. The fourth-order valence-electron chi connectivity index (χ4n) is 3.05. The van der Waals surface area contributed by atoms with Gasteiger partial charge in [-0.15, -0.1) is 11.6 Å². The van der Waals surface area contributed by atoms with E-state index in [1.165, 1.54) is 12.8 Å². The van der Waals surface area contributed by atoms with Crippen LogP contribution in [0.2, 0.25) is 0 Å². The molecule has 0 aromatic carbocycles. The minimum absolute atomic E-state index is 0.404. The van der Waals surface area contributed by atoms with Crippen LogP contribution < -0.4 is 0 Å². The predicted molar refractivity (Wildman–Crippen MR) is 46.8 cm³/mol. The summed E-state index contributed by atoms with van der Waals surface area (Å²) in [5.41, 5.74) is 0. The molecule has 3 aliphatic carbocycles. The van der Waals surface area contributed by atoms with Gasteiger partial charge in [0.1, 0.15) is 0 Å². The second-order valence-electron chi connectivity index (χ2n) is 4.07. The van der Waals surface area contributed by atoms with E-state index in [9.17, 15) is 0 Å². The minimum Gasteiger partial charge on any atom is -0.122 e. The first-order valence-electron chi connectivity index (χ1n) is 4.28. The van der Waals surface area contributed by atoms with E-state index < -0.39 is 0 Å². The highest BCUT2D eigenvalue weighted by Crippen LogP contribution is 2.61. The highest BCUT2D eigenvalue weighted by molar-refractivity contribution is 6.30. The maximum atomic E-state index is 6.20. The molecule has 11 heavy (non-hydrogen) atoms. The minimum atomic E-state index is 0.404. The van der Waals surface area contributed by atoms with Crippen molar-refractivity contribution in [3.63, 3.8) is 0 Å². The number of rotatable bonds is 0. The van der Waals surface area contributed by atoms with Gasteiger partial charge in [-0.3, -0.25) is 0 Å². The molecule has 0 heterocycles. The Balaban J connectivity index is 2.03. The van der Waals surface area contributed by atoms with Crippen LogP contribution in [0, 0.1) is 23.7 Å². The first-order valence-corrected chi connectivity index (χ1v) is 5.10. The molecule has 0 aromatic rings. The summed E-state index contributed by atoms with van der Waals surface area (Å²) in [6, 6.07) is 0. The monoisotopic (exact) mass is 188 g/mol. The lowest BCUT2D eigenvalue weighted by Crippen LogP contribution is -2.43. The molecule has 5 atom stereocenters. The molecule has 2 saturated carbocycles. The second-order valence-corrected chi connectivity index (χ2v) is 5.01. The highest BCUT2D eigenvalue weighted by Gasteiger charge is 2.56. The van der Waals surface area contributed by atoms with Crippen molar-refractivity contribution in [2.45, 2.75) is 18.2 Å². The fraction of sp³-hybridized carbons (Fsp3) is 0.778. The zero-order chi connectivity index (χ0) is 7.59. The van der Waals surface area contributed by atoms with Gasteiger partial charge >= 0.3 is 0 Å². The molecular weight excluding hydrogens is 179 g/mol. The van der Waals surface area contributed by atoms with Gasteiger partial charge in [0.2, 0.25) is 0 Å². The van der Waals surface area contributed by atoms with Gasteiger partial charge < -0.3 is 0 Å². The molecule has 60 valence electrons. The normalized spacial score (nSPS) is 58.7. The van der Waals surface area contributed by atoms with Crippen molar-refractivity contribution in [3.8, 4) is 0 Å². The first-order chi connectivity index (χ1) is 5.27. The molecule has 2 bridgehead atoms. The SMILES string of the molecule is ClC1=CC2[C@@H](Cl)C3C[C@H]1C[C@H]23. The quantitative estimate of drug-likeness (QED) is 0.514. The number of hydrogen-bond acceptors (Lipinski definition) is 0. The topological polar surface area (TPSA) is 0 Å². The Morgan fingerprint density at radius 1 is 1.27 bits per heavy atom. The van der Waals surface area contributed by atoms with Gasteiger partial charge in [-0.25, -0.2) is 0 Å². The zero-order valence-electron chi connectivity index (χ0n) is 6.13. The molecule has 3 aliphatic rings. The summed E-state index contributed by atoms with van der Waals surface area (Å²) in [7, 11) is 0. The number of allylic oxidation sites excluding steroid dienone is 2. The largest absolute Gasteiger partial charge is 0.122 e. The second kappa shape index (κ2) is 1.97. The lowest BCUT2D eigenvalue weighted by molar-refractivity contribution is 0.152. The Morgan fingerprint density at radius 3 is 2.82 bits per heavy atom. The molecule has 0 nitrogen and oxygen atoms in total. The van der Waals surface area contributed by atoms with Gasteiger partial charge in [0.15, 0.2) is 0 Å². The molecule has 2 heteroatoms. The summed E-state index contributed by atoms with van der Waals surface area (Å²) < 4.78 is 0. The molecule has 0 radical (unpaired) electrons. The summed E-state index contributed by atoms with van der Waals surface area (Å²) in [5.74, 6) is 2.98. The van der Waals surface area contributed by atoms with Gasteiger partial charge in [-0.2, -0.15) is 0 Å².